The van der Waals surface area contributed by atoms with Crippen LogP contribution in [0.25, 0.3) is 0 Å². The number of aryl methyl sites for hydroxylation is 2. The van der Waals surface area contributed by atoms with E-state index in [4.69, 9.17) is 9.47 Å². The van der Waals surface area contributed by atoms with Gasteiger partial charge in [-0.05, 0) is 57.9 Å². The van der Waals surface area contributed by atoms with Crippen LogP contribution >= 0.6 is 0 Å². The van der Waals surface area contributed by atoms with E-state index in [9.17, 15) is 0 Å². The van der Waals surface area contributed by atoms with Crippen LogP contribution in [0.1, 0.15) is 31.4 Å². The Bertz CT molecular complexity index is 364. The Morgan fingerprint density at radius 2 is 1.89 bits per heavy atom. The highest BCUT2D eigenvalue weighted by Gasteiger charge is 1.99. The Morgan fingerprint density at radius 1 is 1.11 bits per heavy atom. The maximum absolute atomic E-state index is 5.77. The van der Waals surface area contributed by atoms with Gasteiger partial charge in [-0.1, -0.05) is 12.1 Å². The smallest absolute Gasteiger partial charge is 0.122 e. The van der Waals surface area contributed by atoms with Crippen molar-refractivity contribution in [1.82, 2.24) is 5.32 Å². The highest BCUT2D eigenvalue weighted by molar-refractivity contribution is 5.35. The Hall–Kier alpha value is -1.06. The molecule has 0 saturated heterocycles. The van der Waals surface area contributed by atoms with Gasteiger partial charge in [0.25, 0.3) is 0 Å². The molecule has 0 saturated carbocycles. The Labute approximate surface area is 117 Å². The lowest BCUT2D eigenvalue weighted by atomic mass is 10.1. The summed E-state index contributed by atoms with van der Waals surface area (Å²) in [7, 11) is 0. The van der Waals surface area contributed by atoms with Crippen molar-refractivity contribution in [2.45, 2.75) is 40.2 Å². The molecular weight excluding hydrogens is 238 g/mol. The number of ether oxygens (including phenoxy) is 2. The van der Waals surface area contributed by atoms with Gasteiger partial charge in [0.2, 0.25) is 0 Å². The molecule has 1 aromatic carbocycles. The maximum Gasteiger partial charge on any atom is 0.122 e. The zero-order valence-corrected chi connectivity index (χ0v) is 12.7. The molecule has 0 fully saturated rings. The minimum absolute atomic E-state index is 0.327. The minimum Gasteiger partial charge on any atom is -0.492 e. The van der Waals surface area contributed by atoms with Gasteiger partial charge in [0, 0.05) is 13.2 Å². The van der Waals surface area contributed by atoms with Crippen molar-refractivity contribution in [2.24, 2.45) is 0 Å². The summed E-state index contributed by atoms with van der Waals surface area (Å²) in [6.07, 6.45) is 1.37. The van der Waals surface area contributed by atoms with Gasteiger partial charge < -0.3 is 14.8 Å². The molecule has 1 rings (SSSR count). The molecular formula is C16H27NO2. The van der Waals surface area contributed by atoms with Crippen LogP contribution in [0.4, 0.5) is 0 Å². The van der Waals surface area contributed by atoms with Crippen molar-refractivity contribution in [1.29, 1.82) is 0 Å². The van der Waals surface area contributed by atoms with Gasteiger partial charge in [0.1, 0.15) is 12.4 Å². The van der Waals surface area contributed by atoms with Crippen LogP contribution in [0.15, 0.2) is 18.2 Å². The molecule has 108 valence electrons. The van der Waals surface area contributed by atoms with Crippen LogP contribution in [-0.4, -0.2) is 32.4 Å². The van der Waals surface area contributed by atoms with E-state index in [1.165, 1.54) is 11.1 Å². The third-order valence-corrected chi connectivity index (χ3v) is 2.83. The molecule has 19 heavy (non-hydrogen) atoms. The number of nitrogens with one attached hydrogen (secondary N) is 1. The van der Waals surface area contributed by atoms with Crippen LogP contribution in [0.3, 0.4) is 0 Å². The minimum atomic E-state index is 0.327. The Balaban J connectivity index is 2.06. The molecule has 0 aliphatic rings. The summed E-state index contributed by atoms with van der Waals surface area (Å²) >= 11 is 0. The largest absolute Gasteiger partial charge is 0.492 e. The average molecular weight is 265 g/mol. The fraction of sp³-hybridized carbons (Fsp3) is 0.625. The highest BCUT2D eigenvalue weighted by atomic mass is 16.5. The van der Waals surface area contributed by atoms with Crippen LogP contribution in [0.5, 0.6) is 5.75 Å². The van der Waals surface area contributed by atoms with Crippen molar-refractivity contribution in [3.63, 3.8) is 0 Å². The fourth-order valence-corrected chi connectivity index (χ4v) is 1.74. The van der Waals surface area contributed by atoms with Gasteiger partial charge in [-0.25, -0.2) is 0 Å². The summed E-state index contributed by atoms with van der Waals surface area (Å²) in [5.41, 5.74) is 2.43. The van der Waals surface area contributed by atoms with Gasteiger partial charge in [0.15, 0.2) is 0 Å². The zero-order chi connectivity index (χ0) is 14.1. The van der Waals surface area contributed by atoms with E-state index in [0.29, 0.717) is 12.7 Å². The first-order chi connectivity index (χ1) is 9.09. The molecule has 0 unspecified atom stereocenters. The molecule has 0 aliphatic carbocycles. The fourth-order valence-electron chi connectivity index (χ4n) is 1.74. The molecule has 3 nitrogen and oxygen atoms in total. The Kier molecular flexibility index (Phi) is 7.53. The second kappa shape index (κ2) is 8.94. The maximum atomic E-state index is 5.77. The van der Waals surface area contributed by atoms with E-state index >= 15 is 0 Å². The molecule has 0 bridgehead atoms. The summed E-state index contributed by atoms with van der Waals surface area (Å²) in [5.74, 6) is 0.991. The topological polar surface area (TPSA) is 30.5 Å². The van der Waals surface area contributed by atoms with Crippen LogP contribution < -0.4 is 10.1 Å². The molecule has 0 atom stereocenters. The molecule has 1 aromatic rings. The molecule has 0 radical (unpaired) electrons. The van der Waals surface area contributed by atoms with Gasteiger partial charge >= 0.3 is 0 Å². The lowest BCUT2D eigenvalue weighted by molar-refractivity contribution is 0.0770. The van der Waals surface area contributed by atoms with E-state index in [1.54, 1.807) is 0 Å². The number of benzene rings is 1. The molecule has 0 amide bonds. The summed E-state index contributed by atoms with van der Waals surface area (Å²) in [6, 6.07) is 6.29. The predicted molar refractivity (Wildman–Crippen MR) is 80.0 cm³/mol. The number of hydrogen-bond donors (Lipinski definition) is 1. The quantitative estimate of drug-likeness (QED) is 0.696. The average Bonchev–Trinajstić information content (AvgIpc) is 2.36. The van der Waals surface area contributed by atoms with Crippen molar-refractivity contribution in [3.05, 3.63) is 29.3 Å². The summed E-state index contributed by atoms with van der Waals surface area (Å²) in [6.45, 7) is 11.7. The molecule has 3 heteroatoms. The van der Waals surface area contributed by atoms with Crippen molar-refractivity contribution < 1.29 is 9.47 Å². The molecule has 0 heterocycles. The highest BCUT2D eigenvalue weighted by Crippen LogP contribution is 2.18. The SMILES string of the molecule is Cc1ccc(C)c(OCCNCCCOC(C)C)c1. The molecule has 0 aliphatic heterocycles. The second-order valence-corrected chi connectivity index (χ2v) is 5.14. The predicted octanol–water partition coefficient (Wildman–Crippen LogP) is 3.09. The van der Waals surface area contributed by atoms with Gasteiger partial charge in [-0.15, -0.1) is 0 Å². The first-order valence-corrected chi connectivity index (χ1v) is 7.12. The van der Waals surface area contributed by atoms with Crippen LogP contribution in [-0.2, 0) is 4.74 Å². The van der Waals surface area contributed by atoms with Crippen molar-refractivity contribution in [2.75, 3.05) is 26.3 Å². The first kappa shape index (κ1) is 16.0. The van der Waals surface area contributed by atoms with E-state index in [1.807, 2.05) is 0 Å². The van der Waals surface area contributed by atoms with E-state index < -0.39 is 0 Å². The number of rotatable bonds is 9. The van der Waals surface area contributed by atoms with Gasteiger partial charge in [0.05, 0.1) is 6.10 Å². The Morgan fingerprint density at radius 3 is 2.63 bits per heavy atom. The second-order valence-electron chi connectivity index (χ2n) is 5.14. The molecule has 0 spiro atoms. The van der Waals surface area contributed by atoms with E-state index in [0.717, 1.165) is 31.9 Å². The normalized spacial score (nSPS) is 11.0. The third-order valence-electron chi connectivity index (χ3n) is 2.83. The lowest BCUT2D eigenvalue weighted by Crippen LogP contribution is -2.23. The number of hydrogen-bond acceptors (Lipinski definition) is 3. The lowest BCUT2D eigenvalue weighted by Gasteiger charge is -2.11. The summed E-state index contributed by atoms with van der Waals surface area (Å²) in [5, 5.41) is 3.36. The van der Waals surface area contributed by atoms with E-state index in [2.05, 4.69) is 51.2 Å². The van der Waals surface area contributed by atoms with Crippen LogP contribution in [0.2, 0.25) is 0 Å². The van der Waals surface area contributed by atoms with Gasteiger partial charge in [-0.3, -0.25) is 0 Å². The zero-order valence-electron chi connectivity index (χ0n) is 12.7. The summed E-state index contributed by atoms with van der Waals surface area (Å²) in [4.78, 5) is 0. The third kappa shape index (κ3) is 7.19. The first-order valence-electron chi connectivity index (χ1n) is 7.12. The van der Waals surface area contributed by atoms with E-state index in [-0.39, 0.29) is 0 Å². The van der Waals surface area contributed by atoms with Crippen LogP contribution in [0, 0.1) is 13.8 Å². The van der Waals surface area contributed by atoms with Crippen molar-refractivity contribution in [3.8, 4) is 5.75 Å². The monoisotopic (exact) mass is 265 g/mol. The van der Waals surface area contributed by atoms with Gasteiger partial charge in [-0.2, -0.15) is 0 Å². The molecule has 0 aromatic heterocycles. The standard InChI is InChI=1S/C16H27NO2/c1-13(2)18-10-5-8-17-9-11-19-16-12-14(3)6-7-15(16)4/h6-7,12-13,17H,5,8-11H2,1-4H3. The summed E-state index contributed by atoms with van der Waals surface area (Å²) < 4.78 is 11.2. The molecule has 1 N–H and O–H groups in total. The van der Waals surface area contributed by atoms with Crippen molar-refractivity contribution >= 4 is 0 Å².